The highest BCUT2D eigenvalue weighted by Crippen LogP contribution is 2.45. The van der Waals surface area contributed by atoms with Crippen LogP contribution in [0.4, 0.5) is 5.69 Å². The zero-order valence-corrected chi connectivity index (χ0v) is 28.1. The Bertz CT molecular complexity index is 1930. The number of carboxylic acids is 4. The van der Waals surface area contributed by atoms with Crippen molar-refractivity contribution in [2.75, 3.05) is 44.2 Å². The van der Waals surface area contributed by atoms with E-state index in [1.807, 2.05) is 0 Å². The molecular weight excluding hydrogens is 703 g/mol. The largest absolute Gasteiger partial charge is 0.506 e. The fraction of sp³-hybridized carbons (Fsp3) is 0.303. The smallest absolute Gasteiger partial charge is 0.323 e. The average Bonchev–Trinajstić information content (AvgIpc) is 3.00. The normalized spacial score (nSPS) is 12.6. The molecule has 0 spiro atoms. The summed E-state index contributed by atoms with van der Waals surface area (Å²) in [7, 11) is 0. The summed E-state index contributed by atoms with van der Waals surface area (Å²) in [6.45, 7) is 0.776. The third-order valence-electron chi connectivity index (χ3n) is 7.56. The number of phenols is 1. The predicted octanol–water partition coefficient (Wildman–Crippen LogP) is 4.20. The van der Waals surface area contributed by atoms with Gasteiger partial charge in [-0.15, -0.1) is 0 Å². The van der Waals surface area contributed by atoms with Crippen LogP contribution >= 0.6 is 23.2 Å². The monoisotopic (exact) mass is 734 g/mol. The van der Waals surface area contributed by atoms with Gasteiger partial charge in [0.1, 0.15) is 42.0 Å². The van der Waals surface area contributed by atoms with Crippen molar-refractivity contribution in [2.45, 2.75) is 26.1 Å². The minimum Gasteiger partial charge on any atom is -0.506 e. The molecule has 0 saturated heterocycles. The second kappa shape index (κ2) is 16.1. The second-order valence-corrected chi connectivity index (χ2v) is 12.1. The molecule has 1 aliphatic carbocycles. The summed E-state index contributed by atoms with van der Waals surface area (Å²) in [5.41, 5.74) is 1.01. The molecule has 5 N–H and O–H groups in total. The summed E-state index contributed by atoms with van der Waals surface area (Å²) >= 11 is 12.5. The lowest BCUT2D eigenvalue weighted by Gasteiger charge is -2.28. The van der Waals surface area contributed by atoms with E-state index >= 15 is 0 Å². The van der Waals surface area contributed by atoms with Gasteiger partial charge >= 0.3 is 23.9 Å². The molecule has 0 radical (unpaired) electrons. The van der Waals surface area contributed by atoms with Crippen molar-refractivity contribution in [3.05, 3.63) is 62.7 Å². The Balaban J connectivity index is 1.80. The number of rotatable bonds is 17. The highest BCUT2D eigenvalue weighted by atomic mass is 35.5. The SMILES string of the molecule is CC(OCCN(CC(=O)O)CC(=O)O)C(C)Oc1cc(-c2c3cc(Cl)c(=O)cc-3oc3cc(O)c(Cl)cc23)ccc1N(CC(=O)O)CC(=O)O. The Morgan fingerprint density at radius 3 is 2.04 bits per heavy atom. The lowest BCUT2D eigenvalue weighted by atomic mass is 9.93. The number of aliphatic carboxylic acids is 4. The van der Waals surface area contributed by atoms with Gasteiger partial charge in [-0.2, -0.15) is 0 Å². The van der Waals surface area contributed by atoms with E-state index in [9.17, 15) is 39.3 Å². The maximum Gasteiger partial charge on any atom is 0.323 e. The molecule has 15 nitrogen and oxygen atoms in total. The molecule has 0 aromatic heterocycles. The molecular formula is C33H32Cl2N2O13. The second-order valence-electron chi connectivity index (χ2n) is 11.3. The molecule has 0 saturated carbocycles. The number of benzene rings is 3. The standard InChI is InChI=1S/C33H32Cl2N2O13/c1-16(48-6-5-36(12-29(40)41)13-30(42)43)17(2)49-28-7-18(3-4-23(28)37(14-31(44)45)15-32(46)47)33-19-8-21(34)24(38)10-26(19)50-27-11-25(39)22(35)9-20(27)33/h3-4,7-11,16-17,38H,5-6,12-15H2,1-2H3,(H,40,41)(H,42,43)(H,44,45)(H,46,47). The van der Waals surface area contributed by atoms with Gasteiger partial charge in [0.05, 0.1) is 41.5 Å². The molecule has 2 aromatic carbocycles. The number of hydrogen-bond acceptors (Lipinski definition) is 11. The number of hydrogen-bond donors (Lipinski definition) is 5. The van der Waals surface area contributed by atoms with Gasteiger partial charge < -0.3 is 44.3 Å². The lowest BCUT2D eigenvalue weighted by Crippen LogP contribution is -2.38. The van der Waals surface area contributed by atoms with Gasteiger partial charge in [-0.25, -0.2) is 0 Å². The number of fused-ring (bicyclic) bond motifs is 2. The zero-order chi connectivity index (χ0) is 36.9. The molecule has 50 heavy (non-hydrogen) atoms. The van der Waals surface area contributed by atoms with Crippen LogP contribution in [0.2, 0.25) is 10.0 Å². The van der Waals surface area contributed by atoms with Crippen molar-refractivity contribution >= 4 is 63.7 Å². The van der Waals surface area contributed by atoms with Crippen LogP contribution in [0, 0.1) is 0 Å². The van der Waals surface area contributed by atoms with Crippen LogP contribution in [0.1, 0.15) is 13.8 Å². The molecule has 2 aromatic rings. The average molecular weight is 736 g/mol. The van der Waals surface area contributed by atoms with E-state index in [2.05, 4.69) is 0 Å². The van der Waals surface area contributed by atoms with Gasteiger partial charge in [-0.1, -0.05) is 29.3 Å². The van der Waals surface area contributed by atoms with Gasteiger partial charge in [-0.05, 0) is 43.7 Å². The van der Waals surface area contributed by atoms with Crippen LogP contribution in [-0.2, 0) is 23.9 Å². The van der Waals surface area contributed by atoms with Crippen molar-refractivity contribution in [3.8, 4) is 33.9 Å². The van der Waals surface area contributed by atoms with Crippen molar-refractivity contribution < 1.29 is 58.6 Å². The Morgan fingerprint density at radius 1 is 0.820 bits per heavy atom. The number of phenolic OH excluding ortho intramolecular Hbond substituents is 1. The lowest BCUT2D eigenvalue weighted by molar-refractivity contribution is -0.142. The van der Waals surface area contributed by atoms with Crippen molar-refractivity contribution in [1.82, 2.24) is 4.90 Å². The molecule has 1 aliphatic heterocycles. The molecule has 2 unspecified atom stereocenters. The van der Waals surface area contributed by atoms with E-state index in [1.54, 1.807) is 19.9 Å². The van der Waals surface area contributed by atoms with E-state index in [4.69, 9.17) is 47.3 Å². The van der Waals surface area contributed by atoms with Crippen LogP contribution in [0.3, 0.4) is 0 Å². The summed E-state index contributed by atoms with van der Waals surface area (Å²) in [6.07, 6.45) is -1.47. The summed E-state index contributed by atoms with van der Waals surface area (Å²) in [5.74, 6) is -5.14. The third-order valence-corrected chi connectivity index (χ3v) is 8.16. The molecule has 17 heteroatoms. The fourth-order valence-electron chi connectivity index (χ4n) is 5.19. The van der Waals surface area contributed by atoms with Gasteiger partial charge in [0, 0.05) is 35.2 Å². The zero-order valence-electron chi connectivity index (χ0n) is 26.6. The molecule has 2 aliphatic rings. The topological polar surface area (TPSA) is 225 Å². The minimum absolute atomic E-state index is 0.00750. The van der Waals surface area contributed by atoms with Crippen LogP contribution < -0.4 is 15.1 Å². The van der Waals surface area contributed by atoms with Crippen LogP contribution in [0.5, 0.6) is 11.5 Å². The number of aromatic hydroxyl groups is 1. The Hall–Kier alpha value is -5.09. The highest BCUT2D eigenvalue weighted by Gasteiger charge is 2.26. The maximum atomic E-state index is 12.4. The third kappa shape index (κ3) is 9.32. The predicted molar refractivity (Wildman–Crippen MR) is 181 cm³/mol. The molecule has 0 amide bonds. The Labute approximate surface area is 293 Å². The summed E-state index contributed by atoms with van der Waals surface area (Å²) in [6, 6.07) is 9.91. The minimum atomic E-state index is -1.31. The summed E-state index contributed by atoms with van der Waals surface area (Å²) in [4.78, 5) is 60.5. The summed E-state index contributed by atoms with van der Waals surface area (Å²) in [5, 5.41) is 47.9. The van der Waals surface area contributed by atoms with E-state index in [0.29, 0.717) is 22.1 Å². The van der Waals surface area contributed by atoms with Crippen molar-refractivity contribution in [1.29, 1.82) is 0 Å². The number of carboxylic acid groups (broad SMARTS) is 4. The van der Waals surface area contributed by atoms with E-state index in [1.165, 1.54) is 41.3 Å². The van der Waals surface area contributed by atoms with Gasteiger partial charge in [0.25, 0.3) is 0 Å². The Morgan fingerprint density at radius 2 is 1.44 bits per heavy atom. The molecule has 0 bridgehead atoms. The number of carbonyl (C=O) groups is 4. The quantitative estimate of drug-likeness (QED) is 0.0959. The van der Waals surface area contributed by atoms with Crippen LogP contribution in [0.15, 0.2) is 51.7 Å². The number of ether oxygens (including phenoxy) is 2. The first-order valence-corrected chi connectivity index (χ1v) is 15.6. The number of anilines is 1. The van der Waals surface area contributed by atoms with Crippen molar-refractivity contribution in [2.24, 2.45) is 0 Å². The molecule has 266 valence electrons. The number of halogens is 2. The maximum absolute atomic E-state index is 12.4. The first-order valence-electron chi connectivity index (χ1n) is 14.9. The molecule has 4 rings (SSSR count). The van der Waals surface area contributed by atoms with Crippen LogP contribution in [-0.4, -0.2) is 106 Å². The van der Waals surface area contributed by atoms with Gasteiger partial charge in [0.2, 0.25) is 5.43 Å². The van der Waals surface area contributed by atoms with E-state index < -0.39 is 67.7 Å². The Kier molecular flexibility index (Phi) is 12.1. The first kappa shape index (κ1) is 37.7. The van der Waals surface area contributed by atoms with Crippen LogP contribution in [0.25, 0.3) is 33.4 Å². The van der Waals surface area contributed by atoms with E-state index in [-0.39, 0.29) is 51.7 Å². The van der Waals surface area contributed by atoms with E-state index in [0.717, 1.165) is 4.90 Å². The fourth-order valence-corrected chi connectivity index (χ4v) is 5.51. The first-order chi connectivity index (χ1) is 23.5. The molecule has 2 atom stereocenters. The molecule has 0 fully saturated rings. The van der Waals surface area contributed by atoms with Gasteiger partial charge in [-0.3, -0.25) is 28.9 Å². The molecule has 1 heterocycles. The summed E-state index contributed by atoms with van der Waals surface area (Å²) < 4.78 is 18.0. The number of nitrogens with zero attached hydrogens (tertiary/aromatic N) is 2. The van der Waals surface area contributed by atoms with Crippen molar-refractivity contribution in [3.63, 3.8) is 0 Å². The highest BCUT2D eigenvalue weighted by molar-refractivity contribution is 6.33. The van der Waals surface area contributed by atoms with Gasteiger partial charge in [0.15, 0.2) is 0 Å².